The number of carbonyl (C=O) groups is 2. The standard InChI is InChI=1S/C14H22N4O2S/c1-9-16-17-13(21-9)15-11(19)10-6-5-7-18(8-10)12(20)14(2,3)4/h10H,5-8H2,1-4H3,(H,15,17,19)/t10-/m1/s1. The lowest BCUT2D eigenvalue weighted by molar-refractivity contribution is -0.142. The van der Waals surface area contributed by atoms with Crippen molar-refractivity contribution in [3.63, 3.8) is 0 Å². The van der Waals surface area contributed by atoms with Crippen molar-refractivity contribution in [1.82, 2.24) is 15.1 Å². The molecule has 0 aromatic carbocycles. The monoisotopic (exact) mass is 310 g/mol. The predicted octanol–water partition coefficient (Wildman–Crippen LogP) is 2.07. The van der Waals surface area contributed by atoms with Crippen LogP contribution in [0.4, 0.5) is 5.13 Å². The summed E-state index contributed by atoms with van der Waals surface area (Å²) in [6.07, 6.45) is 1.66. The molecule has 1 aliphatic heterocycles. The fraction of sp³-hybridized carbons (Fsp3) is 0.714. The highest BCUT2D eigenvalue weighted by molar-refractivity contribution is 7.15. The minimum Gasteiger partial charge on any atom is -0.341 e. The molecule has 1 atom stereocenters. The maximum Gasteiger partial charge on any atom is 0.231 e. The molecule has 1 N–H and O–H groups in total. The van der Waals surface area contributed by atoms with Crippen LogP contribution in [0.15, 0.2) is 0 Å². The Morgan fingerprint density at radius 2 is 2.05 bits per heavy atom. The first-order chi connectivity index (χ1) is 9.77. The second kappa shape index (κ2) is 6.09. The minimum atomic E-state index is -0.408. The SMILES string of the molecule is Cc1nnc(NC(=O)[C@@H]2CCCN(C(=O)C(C)(C)C)C2)s1. The molecule has 7 heteroatoms. The normalized spacial score (nSPS) is 19.4. The quantitative estimate of drug-likeness (QED) is 0.907. The molecule has 2 rings (SSSR count). The second-order valence-corrected chi connectivity index (χ2v) is 7.64. The van der Waals surface area contributed by atoms with Gasteiger partial charge in [0.2, 0.25) is 16.9 Å². The molecule has 0 bridgehead atoms. The lowest BCUT2D eigenvalue weighted by atomic mass is 9.91. The van der Waals surface area contributed by atoms with Crippen LogP contribution in [0.25, 0.3) is 0 Å². The van der Waals surface area contributed by atoms with Gasteiger partial charge in [-0.05, 0) is 19.8 Å². The first kappa shape index (κ1) is 15.9. The van der Waals surface area contributed by atoms with Gasteiger partial charge in [-0.3, -0.25) is 9.59 Å². The first-order valence-corrected chi connectivity index (χ1v) is 7.99. The third-order valence-electron chi connectivity index (χ3n) is 3.48. The van der Waals surface area contributed by atoms with Gasteiger partial charge < -0.3 is 10.2 Å². The molecule has 1 aromatic heterocycles. The summed E-state index contributed by atoms with van der Waals surface area (Å²) in [7, 11) is 0. The molecule has 0 radical (unpaired) electrons. The van der Waals surface area contributed by atoms with Crippen LogP contribution in [-0.4, -0.2) is 40.0 Å². The highest BCUT2D eigenvalue weighted by atomic mass is 32.1. The summed E-state index contributed by atoms with van der Waals surface area (Å²) < 4.78 is 0. The number of hydrogen-bond donors (Lipinski definition) is 1. The van der Waals surface area contributed by atoms with E-state index >= 15 is 0 Å². The zero-order valence-corrected chi connectivity index (χ0v) is 13.8. The maximum atomic E-state index is 12.3. The maximum absolute atomic E-state index is 12.3. The Bertz CT molecular complexity index is 535. The van der Waals surface area contributed by atoms with E-state index in [2.05, 4.69) is 15.5 Å². The number of rotatable bonds is 2. The molecule has 0 aliphatic carbocycles. The average molecular weight is 310 g/mol. The Morgan fingerprint density at radius 3 is 2.62 bits per heavy atom. The van der Waals surface area contributed by atoms with Gasteiger partial charge in [0.15, 0.2) is 0 Å². The average Bonchev–Trinajstić information content (AvgIpc) is 2.82. The van der Waals surface area contributed by atoms with Gasteiger partial charge in [0.25, 0.3) is 0 Å². The van der Waals surface area contributed by atoms with Gasteiger partial charge in [0.05, 0.1) is 5.92 Å². The van der Waals surface area contributed by atoms with Crippen LogP contribution in [-0.2, 0) is 9.59 Å². The van der Waals surface area contributed by atoms with E-state index in [9.17, 15) is 9.59 Å². The van der Waals surface area contributed by atoms with Gasteiger partial charge in [0.1, 0.15) is 5.01 Å². The van der Waals surface area contributed by atoms with Gasteiger partial charge in [-0.2, -0.15) is 0 Å². The van der Waals surface area contributed by atoms with Gasteiger partial charge in [-0.15, -0.1) is 10.2 Å². The molecular formula is C14H22N4O2S. The van der Waals surface area contributed by atoms with Crippen molar-refractivity contribution in [3.05, 3.63) is 5.01 Å². The van der Waals surface area contributed by atoms with Crippen LogP contribution >= 0.6 is 11.3 Å². The molecule has 0 saturated carbocycles. The third kappa shape index (κ3) is 4.00. The number of aromatic nitrogens is 2. The number of anilines is 1. The summed E-state index contributed by atoms with van der Waals surface area (Å²) in [5.41, 5.74) is -0.408. The molecule has 116 valence electrons. The van der Waals surface area contributed by atoms with E-state index in [0.29, 0.717) is 11.7 Å². The summed E-state index contributed by atoms with van der Waals surface area (Å²) in [6.45, 7) is 8.78. The van der Waals surface area contributed by atoms with E-state index in [-0.39, 0.29) is 17.7 Å². The Hall–Kier alpha value is -1.50. The van der Waals surface area contributed by atoms with Gasteiger partial charge >= 0.3 is 0 Å². The van der Waals surface area contributed by atoms with Gasteiger partial charge in [-0.25, -0.2) is 0 Å². The summed E-state index contributed by atoms with van der Waals surface area (Å²) in [5.74, 6) is -0.140. The molecule has 1 fully saturated rings. The Balaban J connectivity index is 1.97. The number of aryl methyl sites for hydroxylation is 1. The molecule has 1 aromatic rings. The molecule has 1 aliphatic rings. The molecule has 2 heterocycles. The Labute approximate surface area is 128 Å². The second-order valence-electron chi connectivity index (χ2n) is 6.46. The predicted molar refractivity (Wildman–Crippen MR) is 82.0 cm³/mol. The number of hydrogen-bond acceptors (Lipinski definition) is 5. The van der Waals surface area contributed by atoms with Crippen LogP contribution in [0.1, 0.15) is 38.6 Å². The molecule has 2 amide bonds. The summed E-state index contributed by atoms with van der Waals surface area (Å²) in [4.78, 5) is 26.4. The largest absolute Gasteiger partial charge is 0.341 e. The fourth-order valence-corrected chi connectivity index (χ4v) is 3.00. The highest BCUT2D eigenvalue weighted by Gasteiger charge is 2.33. The fourth-order valence-electron chi connectivity index (χ4n) is 2.40. The highest BCUT2D eigenvalue weighted by Crippen LogP contribution is 2.24. The topological polar surface area (TPSA) is 75.2 Å². The molecular weight excluding hydrogens is 288 g/mol. The third-order valence-corrected chi connectivity index (χ3v) is 4.23. The van der Waals surface area contributed by atoms with Crippen molar-refractivity contribution >= 4 is 28.3 Å². The summed E-state index contributed by atoms with van der Waals surface area (Å²) >= 11 is 1.36. The van der Waals surface area contributed by atoms with Crippen molar-refractivity contribution in [2.75, 3.05) is 18.4 Å². The van der Waals surface area contributed by atoms with Crippen LogP contribution in [0.3, 0.4) is 0 Å². The van der Waals surface area contributed by atoms with E-state index in [4.69, 9.17) is 0 Å². The van der Waals surface area contributed by atoms with Crippen molar-refractivity contribution in [3.8, 4) is 0 Å². The molecule has 6 nitrogen and oxygen atoms in total. The van der Waals surface area contributed by atoms with Crippen LogP contribution in [0.2, 0.25) is 0 Å². The van der Waals surface area contributed by atoms with Gasteiger partial charge in [0, 0.05) is 18.5 Å². The number of piperidine rings is 1. The lowest BCUT2D eigenvalue weighted by Crippen LogP contribution is -2.47. The molecule has 0 spiro atoms. The van der Waals surface area contributed by atoms with Crippen molar-refractivity contribution in [2.45, 2.75) is 40.5 Å². The van der Waals surface area contributed by atoms with E-state index < -0.39 is 5.41 Å². The van der Waals surface area contributed by atoms with E-state index in [1.54, 1.807) is 4.90 Å². The summed E-state index contributed by atoms with van der Waals surface area (Å²) in [5, 5.41) is 11.9. The lowest BCUT2D eigenvalue weighted by Gasteiger charge is -2.35. The van der Waals surface area contributed by atoms with Crippen molar-refractivity contribution in [1.29, 1.82) is 0 Å². The van der Waals surface area contributed by atoms with E-state index in [1.165, 1.54) is 11.3 Å². The smallest absolute Gasteiger partial charge is 0.231 e. The van der Waals surface area contributed by atoms with Gasteiger partial charge in [-0.1, -0.05) is 32.1 Å². The number of nitrogens with one attached hydrogen (secondary N) is 1. The van der Waals surface area contributed by atoms with E-state index in [0.717, 1.165) is 24.4 Å². The van der Waals surface area contributed by atoms with Crippen molar-refractivity contribution < 1.29 is 9.59 Å². The molecule has 21 heavy (non-hydrogen) atoms. The summed E-state index contributed by atoms with van der Waals surface area (Å²) in [6, 6.07) is 0. The number of carbonyl (C=O) groups excluding carboxylic acids is 2. The Morgan fingerprint density at radius 1 is 1.33 bits per heavy atom. The number of nitrogens with zero attached hydrogens (tertiary/aromatic N) is 3. The molecule has 1 saturated heterocycles. The van der Waals surface area contributed by atoms with Crippen LogP contribution in [0, 0.1) is 18.3 Å². The number of amides is 2. The zero-order valence-electron chi connectivity index (χ0n) is 13.0. The minimum absolute atomic E-state index is 0.0717. The van der Waals surface area contributed by atoms with Crippen LogP contribution < -0.4 is 5.32 Å². The Kier molecular flexibility index (Phi) is 4.61. The zero-order chi connectivity index (χ0) is 15.6. The van der Waals surface area contributed by atoms with E-state index in [1.807, 2.05) is 27.7 Å². The molecule has 0 unspecified atom stereocenters. The first-order valence-electron chi connectivity index (χ1n) is 7.17. The van der Waals surface area contributed by atoms with Crippen LogP contribution in [0.5, 0.6) is 0 Å². The van der Waals surface area contributed by atoms with Crippen molar-refractivity contribution in [2.24, 2.45) is 11.3 Å². The number of likely N-dealkylation sites (tertiary alicyclic amines) is 1.